The Labute approximate surface area is 168 Å². The van der Waals surface area contributed by atoms with E-state index in [9.17, 15) is 0 Å². The molecule has 0 atom stereocenters. The Hall–Kier alpha value is 1.15. The van der Waals surface area contributed by atoms with Gasteiger partial charge in [-0.1, -0.05) is 0 Å². The summed E-state index contributed by atoms with van der Waals surface area (Å²) in [6.45, 7) is 8.51. The van der Waals surface area contributed by atoms with Crippen molar-refractivity contribution in [3.63, 3.8) is 0 Å². The second-order valence-electron chi connectivity index (χ2n) is 4.77. The van der Waals surface area contributed by atoms with Crippen LogP contribution in [0.3, 0.4) is 0 Å². The van der Waals surface area contributed by atoms with E-state index < -0.39 is 11.0 Å². The van der Waals surface area contributed by atoms with Crippen LogP contribution in [-0.2, 0) is 11.0 Å². The molecule has 3 nitrogen and oxygen atoms in total. The van der Waals surface area contributed by atoms with Gasteiger partial charge < -0.3 is 8.61 Å². The molecule has 0 unspecified atom stereocenters. The maximum Gasteiger partial charge on any atom is -0.00595 e. The van der Waals surface area contributed by atoms with Crippen LogP contribution < -0.4 is 4.74 Å². The van der Waals surface area contributed by atoms with Crippen LogP contribution in [0.15, 0.2) is 24.3 Å². The SMILES string of the molecule is CC(C)Oc1ccccc1[CH]=[Ru]([Cl])[I].CSN1[CH-]N(SC)CC1. The number of benzene rings is 1. The predicted molar refractivity (Wildman–Crippen MR) is 112 cm³/mol. The molecule has 0 amide bonds. The third-order valence-corrected chi connectivity index (χ3v) is 6.91. The predicted octanol–water partition coefficient (Wildman–Crippen LogP) is 5.03. The van der Waals surface area contributed by atoms with Crippen molar-refractivity contribution >= 4 is 57.9 Å². The van der Waals surface area contributed by atoms with Crippen LogP contribution in [0.25, 0.3) is 0 Å². The van der Waals surface area contributed by atoms with Crippen LogP contribution in [0, 0.1) is 6.67 Å². The van der Waals surface area contributed by atoms with Gasteiger partial charge >= 0.3 is 105 Å². The van der Waals surface area contributed by atoms with Crippen molar-refractivity contribution in [3.05, 3.63) is 36.5 Å². The van der Waals surface area contributed by atoms with Crippen molar-refractivity contribution in [2.24, 2.45) is 0 Å². The zero-order chi connectivity index (χ0) is 17.2. The van der Waals surface area contributed by atoms with E-state index in [4.69, 9.17) is 14.4 Å². The number of ether oxygens (including phenoxy) is 1. The third kappa shape index (κ3) is 9.43. The molecule has 0 aliphatic carbocycles. The molecule has 8 heteroatoms. The van der Waals surface area contributed by atoms with E-state index in [1.807, 2.05) is 38.1 Å². The summed E-state index contributed by atoms with van der Waals surface area (Å²) in [6.07, 6.45) is 4.40. The van der Waals surface area contributed by atoms with Crippen molar-refractivity contribution in [1.29, 1.82) is 0 Å². The molecule has 0 aromatic heterocycles. The maximum atomic E-state index is 6.04. The standard InChI is InChI=1S/C10H12O.C5H11N2S2.ClH.HI.Ru/c1-8(2)11-10-7-5-4-6-9(10)3;1-8-6-3-4-7(5-6)9-2;;;/h3-8H,1-2H3;5H,3-4H2,1-2H3;2*1H;/q;-1;;;+2/p-2. The van der Waals surface area contributed by atoms with E-state index in [1.165, 1.54) is 0 Å². The van der Waals surface area contributed by atoms with Crippen molar-refractivity contribution in [1.82, 2.24) is 8.61 Å². The van der Waals surface area contributed by atoms with E-state index >= 15 is 0 Å². The average molecular weight is 575 g/mol. The third-order valence-electron chi connectivity index (χ3n) is 2.74. The summed E-state index contributed by atoms with van der Waals surface area (Å²) in [5.41, 5.74) is 1.12. The molecule has 2 rings (SSSR count). The Morgan fingerprint density at radius 2 is 1.83 bits per heavy atom. The number of hydrogen-bond acceptors (Lipinski definition) is 5. The largest absolute Gasteiger partial charge is 0.386 e. The molecule has 134 valence electrons. The van der Waals surface area contributed by atoms with E-state index in [0.717, 1.165) is 24.4 Å². The summed E-state index contributed by atoms with van der Waals surface area (Å²) in [6, 6.07) is 8.01. The number of para-hydroxylation sites is 1. The minimum Gasteiger partial charge on any atom is -0.386 e. The molecule has 1 fully saturated rings. The summed E-state index contributed by atoms with van der Waals surface area (Å²) < 4.78 is 12.3. The fraction of sp³-hybridized carbons (Fsp3) is 0.467. The molecule has 1 heterocycles. The molecule has 0 radical (unpaired) electrons. The number of nitrogens with zero attached hydrogens (tertiary/aromatic N) is 2. The van der Waals surface area contributed by atoms with Gasteiger partial charge in [-0.25, -0.2) is 0 Å². The van der Waals surface area contributed by atoms with Gasteiger partial charge in [0.1, 0.15) is 0 Å². The molecule has 0 saturated carbocycles. The Balaban J connectivity index is 0.000000253. The molecule has 1 saturated heterocycles. The van der Waals surface area contributed by atoms with E-state index in [-0.39, 0.29) is 6.10 Å². The zero-order valence-corrected chi connectivity index (χ0v) is 20.0. The van der Waals surface area contributed by atoms with Gasteiger partial charge in [-0.05, 0) is 25.6 Å². The molecule has 0 bridgehead atoms. The molecule has 1 aromatic rings. The molecule has 1 aliphatic rings. The Bertz CT molecular complexity index is 494. The molecule has 1 aromatic carbocycles. The van der Waals surface area contributed by atoms with Crippen LogP contribution in [0.1, 0.15) is 19.4 Å². The van der Waals surface area contributed by atoms with Crippen LogP contribution in [0.4, 0.5) is 0 Å². The second-order valence-corrected chi connectivity index (χ2v) is 17.2. The van der Waals surface area contributed by atoms with Gasteiger partial charge in [-0.15, -0.1) is 23.9 Å². The monoisotopic (exact) mass is 575 g/mol. The Morgan fingerprint density at radius 1 is 1.26 bits per heavy atom. The smallest absolute Gasteiger partial charge is 0.00595 e. The second kappa shape index (κ2) is 12.5. The normalized spacial score (nSPS) is 18.0. The Kier molecular flexibility index (Phi) is 12.1. The van der Waals surface area contributed by atoms with Gasteiger partial charge in [-0.2, -0.15) is 6.67 Å². The number of rotatable bonds is 5. The molecular weight excluding hydrogens is 552 g/mol. The first-order chi connectivity index (χ1) is 11.0. The molecular formula is C15H23ClIN2ORuS2-. The topological polar surface area (TPSA) is 15.7 Å². The molecule has 0 N–H and O–H groups in total. The van der Waals surface area contributed by atoms with Crippen molar-refractivity contribution in [2.75, 3.05) is 25.6 Å². The van der Waals surface area contributed by atoms with Gasteiger partial charge in [0.25, 0.3) is 0 Å². The molecule has 0 spiro atoms. The first-order valence-corrected chi connectivity index (χ1v) is 17.8. The van der Waals surface area contributed by atoms with Crippen LogP contribution in [0.5, 0.6) is 5.75 Å². The summed E-state index contributed by atoms with van der Waals surface area (Å²) in [5, 5.41) is 0. The van der Waals surface area contributed by atoms with Gasteiger partial charge in [0.2, 0.25) is 0 Å². The van der Waals surface area contributed by atoms with Crippen LogP contribution >= 0.6 is 53.3 Å². The summed E-state index contributed by atoms with van der Waals surface area (Å²) >= 11 is 5.84. The van der Waals surface area contributed by atoms with Gasteiger partial charge in [0, 0.05) is 0 Å². The first-order valence-electron chi connectivity index (χ1n) is 7.01. The van der Waals surface area contributed by atoms with Gasteiger partial charge in [0.15, 0.2) is 0 Å². The van der Waals surface area contributed by atoms with E-state index in [1.54, 1.807) is 23.9 Å². The van der Waals surface area contributed by atoms with Gasteiger partial charge in [0.05, 0.1) is 0 Å². The van der Waals surface area contributed by atoms with E-state index in [2.05, 4.69) is 52.2 Å². The molecule has 1 aliphatic heterocycles. The minimum absolute atomic E-state index is 0.203. The summed E-state index contributed by atoms with van der Waals surface area (Å²) in [7, 11) is 4.77. The summed E-state index contributed by atoms with van der Waals surface area (Å²) in [5.74, 6) is 0.929. The minimum atomic E-state index is -1.27. The average Bonchev–Trinajstić information content (AvgIpc) is 2.97. The van der Waals surface area contributed by atoms with Crippen molar-refractivity contribution in [2.45, 2.75) is 20.0 Å². The Morgan fingerprint density at radius 3 is 2.26 bits per heavy atom. The molecule has 23 heavy (non-hydrogen) atoms. The fourth-order valence-electron chi connectivity index (χ4n) is 1.74. The maximum absolute atomic E-state index is 6.04. The fourth-order valence-corrected chi connectivity index (χ4v) is 5.46. The van der Waals surface area contributed by atoms with Crippen molar-refractivity contribution < 1.29 is 15.7 Å². The van der Waals surface area contributed by atoms with Crippen molar-refractivity contribution in [3.8, 4) is 5.75 Å². The van der Waals surface area contributed by atoms with Crippen LogP contribution in [-0.4, -0.2) is 44.9 Å². The first kappa shape index (κ1) is 22.2. The zero-order valence-electron chi connectivity index (χ0n) is 13.7. The quantitative estimate of drug-likeness (QED) is 0.212. The van der Waals surface area contributed by atoms with E-state index in [0.29, 0.717) is 0 Å². The van der Waals surface area contributed by atoms with Crippen LogP contribution in [0.2, 0.25) is 0 Å². The number of hydrogen-bond donors (Lipinski definition) is 0. The number of halogens is 2. The van der Waals surface area contributed by atoms with Gasteiger partial charge in [-0.3, -0.25) is 0 Å². The summed E-state index contributed by atoms with van der Waals surface area (Å²) in [4.78, 5) is 0.